The molecule has 1 saturated heterocycles. The first-order valence-corrected chi connectivity index (χ1v) is 8.16. The number of rotatable bonds is 2. The summed E-state index contributed by atoms with van der Waals surface area (Å²) in [5, 5.41) is 0. The monoisotopic (exact) mass is 295 g/mol. The topological polar surface area (TPSA) is 86.0 Å². The van der Waals surface area contributed by atoms with Crippen LogP contribution in [-0.2, 0) is 10.0 Å². The molecule has 0 amide bonds. The molecule has 0 unspecified atom stereocenters. The standard InChI is InChI=1S/C13H17N3O3S/c1-9-4-2-3-7-16(9)20(18,19)10-5-6-11-12(8-10)15-13(17)14-11/h5-6,8-9H,2-4,7H2,1H3,(H2,14,15,17)/t9-/m0/s1. The number of nitrogens with one attached hydrogen (secondary N) is 2. The molecule has 3 rings (SSSR count). The van der Waals surface area contributed by atoms with E-state index in [1.807, 2.05) is 6.92 Å². The van der Waals surface area contributed by atoms with Crippen LogP contribution in [0.15, 0.2) is 27.9 Å². The minimum absolute atomic E-state index is 0.0229. The number of aromatic amines is 2. The van der Waals surface area contributed by atoms with Crippen LogP contribution in [0.4, 0.5) is 0 Å². The Morgan fingerprint density at radius 3 is 2.70 bits per heavy atom. The van der Waals surface area contributed by atoms with Crippen LogP contribution in [0.3, 0.4) is 0 Å². The van der Waals surface area contributed by atoms with E-state index < -0.39 is 10.0 Å². The fraction of sp³-hybridized carbons (Fsp3) is 0.462. The van der Waals surface area contributed by atoms with Gasteiger partial charge in [-0.25, -0.2) is 13.2 Å². The number of fused-ring (bicyclic) bond motifs is 1. The van der Waals surface area contributed by atoms with Gasteiger partial charge in [-0.05, 0) is 38.0 Å². The molecule has 20 heavy (non-hydrogen) atoms. The molecule has 1 aromatic carbocycles. The van der Waals surface area contributed by atoms with Gasteiger partial charge in [-0.3, -0.25) is 0 Å². The summed E-state index contributed by atoms with van der Waals surface area (Å²) in [4.78, 5) is 16.7. The van der Waals surface area contributed by atoms with Gasteiger partial charge in [-0.1, -0.05) is 6.42 Å². The van der Waals surface area contributed by atoms with Gasteiger partial charge in [0, 0.05) is 12.6 Å². The number of hydrogen-bond acceptors (Lipinski definition) is 3. The summed E-state index contributed by atoms with van der Waals surface area (Å²) in [5.41, 5.74) is 0.794. The minimum Gasteiger partial charge on any atom is -0.306 e. The lowest BCUT2D eigenvalue weighted by Crippen LogP contribution is -2.41. The highest BCUT2D eigenvalue weighted by Gasteiger charge is 2.31. The molecule has 2 aromatic rings. The molecule has 2 heterocycles. The van der Waals surface area contributed by atoms with Crippen LogP contribution in [0.2, 0.25) is 0 Å². The molecule has 6 nitrogen and oxygen atoms in total. The summed E-state index contributed by atoms with van der Waals surface area (Å²) >= 11 is 0. The number of H-pyrrole nitrogens is 2. The van der Waals surface area contributed by atoms with Crippen LogP contribution in [0, 0.1) is 0 Å². The fourth-order valence-corrected chi connectivity index (χ4v) is 4.46. The molecule has 7 heteroatoms. The lowest BCUT2D eigenvalue weighted by atomic mass is 10.1. The molecule has 2 N–H and O–H groups in total. The van der Waals surface area contributed by atoms with Crippen molar-refractivity contribution in [2.75, 3.05) is 6.54 Å². The van der Waals surface area contributed by atoms with Gasteiger partial charge in [0.1, 0.15) is 0 Å². The van der Waals surface area contributed by atoms with Crippen LogP contribution in [-0.4, -0.2) is 35.3 Å². The van der Waals surface area contributed by atoms with Crippen molar-refractivity contribution in [3.63, 3.8) is 0 Å². The average Bonchev–Trinajstić information content (AvgIpc) is 2.78. The molecule has 0 aliphatic carbocycles. The van der Waals surface area contributed by atoms with Gasteiger partial charge >= 0.3 is 5.69 Å². The number of aromatic nitrogens is 2. The zero-order valence-electron chi connectivity index (χ0n) is 11.2. The van der Waals surface area contributed by atoms with Crippen LogP contribution in [0.5, 0.6) is 0 Å². The minimum atomic E-state index is -3.50. The van der Waals surface area contributed by atoms with E-state index in [9.17, 15) is 13.2 Å². The number of piperidine rings is 1. The van der Waals surface area contributed by atoms with Crippen molar-refractivity contribution in [3.05, 3.63) is 28.7 Å². The summed E-state index contributed by atoms with van der Waals surface area (Å²) in [6.45, 7) is 2.50. The van der Waals surface area contributed by atoms with Gasteiger partial charge in [0.2, 0.25) is 10.0 Å². The Kier molecular flexibility index (Phi) is 3.18. The van der Waals surface area contributed by atoms with E-state index in [4.69, 9.17) is 0 Å². The zero-order chi connectivity index (χ0) is 14.3. The van der Waals surface area contributed by atoms with Crippen LogP contribution >= 0.6 is 0 Å². The first kappa shape index (κ1) is 13.4. The second-order valence-electron chi connectivity index (χ2n) is 5.25. The SMILES string of the molecule is C[C@H]1CCCCN1S(=O)(=O)c1ccc2[nH]c(=O)[nH]c2c1. The number of benzene rings is 1. The van der Waals surface area contributed by atoms with Gasteiger partial charge < -0.3 is 9.97 Å². The summed E-state index contributed by atoms with van der Waals surface area (Å²) < 4.78 is 26.9. The van der Waals surface area contributed by atoms with Gasteiger partial charge in [0.25, 0.3) is 0 Å². The molecule has 1 fully saturated rings. The van der Waals surface area contributed by atoms with Gasteiger partial charge in [-0.15, -0.1) is 0 Å². The predicted molar refractivity (Wildman–Crippen MR) is 76.1 cm³/mol. The maximum absolute atomic E-state index is 12.7. The molecule has 1 aromatic heterocycles. The largest absolute Gasteiger partial charge is 0.323 e. The molecule has 108 valence electrons. The van der Waals surface area contributed by atoms with Gasteiger partial charge in [0.15, 0.2) is 0 Å². The molecular weight excluding hydrogens is 278 g/mol. The Labute approximate surface area is 116 Å². The normalized spacial score (nSPS) is 21.4. The van der Waals surface area contributed by atoms with E-state index in [1.165, 1.54) is 6.07 Å². The fourth-order valence-electron chi connectivity index (χ4n) is 2.74. The summed E-state index contributed by atoms with van der Waals surface area (Å²) in [5.74, 6) is 0. The number of hydrogen-bond donors (Lipinski definition) is 2. The third kappa shape index (κ3) is 2.16. The van der Waals surface area contributed by atoms with Crippen molar-refractivity contribution in [3.8, 4) is 0 Å². The first-order chi connectivity index (χ1) is 9.48. The molecule has 1 atom stereocenters. The van der Waals surface area contributed by atoms with Gasteiger partial charge in [0.05, 0.1) is 15.9 Å². The Balaban J connectivity index is 2.05. The molecule has 0 spiro atoms. The van der Waals surface area contributed by atoms with Crippen molar-refractivity contribution in [1.29, 1.82) is 0 Å². The van der Waals surface area contributed by atoms with E-state index >= 15 is 0 Å². The smallest absolute Gasteiger partial charge is 0.306 e. The van der Waals surface area contributed by atoms with Gasteiger partial charge in [-0.2, -0.15) is 4.31 Å². The maximum atomic E-state index is 12.7. The third-order valence-corrected chi connectivity index (χ3v) is 5.85. The lowest BCUT2D eigenvalue weighted by Gasteiger charge is -2.32. The van der Waals surface area contributed by atoms with E-state index in [0.717, 1.165) is 19.3 Å². The molecule has 1 aliphatic heterocycles. The second-order valence-corrected chi connectivity index (χ2v) is 7.14. The third-order valence-electron chi connectivity index (χ3n) is 3.84. The van der Waals surface area contributed by atoms with Crippen molar-refractivity contribution < 1.29 is 8.42 Å². The highest BCUT2D eigenvalue weighted by Crippen LogP contribution is 2.26. The van der Waals surface area contributed by atoms with E-state index in [2.05, 4.69) is 9.97 Å². The highest BCUT2D eigenvalue weighted by molar-refractivity contribution is 7.89. The highest BCUT2D eigenvalue weighted by atomic mass is 32.2. The molecule has 1 aliphatic rings. The van der Waals surface area contributed by atoms with E-state index in [0.29, 0.717) is 17.6 Å². The van der Waals surface area contributed by atoms with E-state index in [-0.39, 0.29) is 16.6 Å². The lowest BCUT2D eigenvalue weighted by molar-refractivity contribution is 0.268. The van der Waals surface area contributed by atoms with Crippen LogP contribution < -0.4 is 5.69 Å². The molecule has 0 saturated carbocycles. The zero-order valence-corrected chi connectivity index (χ0v) is 12.0. The van der Waals surface area contributed by atoms with E-state index in [1.54, 1.807) is 16.4 Å². The molecule has 0 bridgehead atoms. The average molecular weight is 295 g/mol. The number of sulfonamides is 1. The number of imidazole rings is 1. The summed E-state index contributed by atoms with van der Waals surface area (Å²) in [7, 11) is -3.50. The first-order valence-electron chi connectivity index (χ1n) is 6.72. The summed E-state index contributed by atoms with van der Waals surface area (Å²) in [6, 6.07) is 4.70. The molecule has 0 radical (unpaired) electrons. The van der Waals surface area contributed by atoms with Crippen molar-refractivity contribution in [1.82, 2.24) is 14.3 Å². The van der Waals surface area contributed by atoms with Crippen molar-refractivity contribution in [2.24, 2.45) is 0 Å². The van der Waals surface area contributed by atoms with Crippen LogP contribution in [0.1, 0.15) is 26.2 Å². The second kappa shape index (κ2) is 4.75. The Hall–Kier alpha value is -1.60. The van der Waals surface area contributed by atoms with Crippen molar-refractivity contribution >= 4 is 21.1 Å². The quantitative estimate of drug-likeness (QED) is 0.878. The van der Waals surface area contributed by atoms with Crippen LogP contribution in [0.25, 0.3) is 11.0 Å². The Morgan fingerprint density at radius 2 is 1.95 bits per heavy atom. The summed E-state index contributed by atoms with van der Waals surface area (Å²) in [6.07, 6.45) is 2.85. The number of nitrogens with zero attached hydrogens (tertiary/aromatic N) is 1. The molecular formula is C13H17N3O3S. The van der Waals surface area contributed by atoms with Crippen molar-refractivity contribution in [2.45, 2.75) is 37.1 Å². The Bertz CT molecular complexity index is 791. The predicted octanol–water partition coefficient (Wildman–Crippen LogP) is 1.42. The Morgan fingerprint density at radius 1 is 1.20 bits per heavy atom. The maximum Gasteiger partial charge on any atom is 0.323 e.